The zero-order valence-electron chi connectivity index (χ0n) is 17.6. The molecule has 2 saturated heterocycles. The Labute approximate surface area is 186 Å². The van der Waals surface area contributed by atoms with Gasteiger partial charge in [-0.2, -0.15) is 0 Å². The number of hydrogen-bond acceptors (Lipinski definition) is 10. The molecule has 0 aliphatic carbocycles. The smallest absolute Gasteiger partial charge is 0.234 e. The lowest BCUT2D eigenvalue weighted by atomic mass is 9.98. The minimum atomic E-state index is -1.23. The van der Waals surface area contributed by atoms with E-state index in [9.17, 15) is 9.70 Å². The van der Waals surface area contributed by atoms with E-state index in [-0.39, 0.29) is 5.38 Å². The summed E-state index contributed by atoms with van der Waals surface area (Å²) in [6, 6.07) is 1.69. The van der Waals surface area contributed by atoms with Gasteiger partial charge in [-0.05, 0) is 7.05 Å². The Balaban J connectivity index is 1.65. The molecule has 2 aliphatic rings. The summed E-state index contributed by atoms with van der Waals surface area (Å²) in [5.41, 5.74) is 6.31. The third-order valence-electron chi connectivity index (χ3n) is 5.45. The summed E-state index contributed by atoms with van der Waals surface area (Å²) in [6.45, 7) is 5.42. The van der Waals surface area contributed by atoms with Crippen molar-refractivity contribution in [3.8, 4) is 5.75 Å². The van der Waals surface area contributed by atoms with Crippen LogP contribution in [-0.4, -0.2) is 98.0 Å². The first-order valence-electron chi connectivity index (χ1n) is 10.3. The normalized spacial score (nSPS) is 24.9. The number of alkyl halides is 1. The van der Waals surface area contributed by atoms with E-state index in [0.29, 0.717) is 31.1 Å². The number of nitrogens with zero attached hydrogens (tertiary/aromatic N) is 4. The van der Waals surface area contributed by atoms with Gasteiger partial charge in [0.05, 0.1) is 31.0 Å². The molecule has 3 heterocycles. The summed E-state index contributed by atoms with van der Waals surface area (Å²) < 4.78 is 11.2. The number of aromatic nitrogens is 1. The monoisotopic (exact) mass is 455 g/mol. The van der Waals surface area contributed by atoms with E-state index in [1.54, 1.807) is 12.3 Å². The molecule has 2 aliphatic heterocycles. The number of carbonyl (C=O) groups is 1. The Morgan fingerprint density at radius 3 is 3.00 bits per heavy atom. The average Bonchev–Trinajstić information content (AvgIpc) is 2.77. The molecular weight excluding hydrogens is 426 g/mol. The Morgan fingerprint density at radius 2 is 2.29 bits per heavy atom. The predicted molar refractivity (Wildman–Crippen MR) is 117 cm³/mol. The van der Waals surface area contributed by atoms with Crippen LogP contribution in [0.5, 0.6) is 5.75 Å². The van der Waals surface area contributed by atoms with E-state index in [1.165, 1.54) is 6.20 Å². The number of anilines is 1. The van der Waals surface area contributed by atoms with Gasteiger partial charge in [0.2, 0.25) is 5.91 Å². The third-order valence-corrected chi connectivity index (χ3v) is 5.74. The topological polar surface area (TPSA) is 134 Å². The molecule has 2 fully saturated rings. The van der Waals surface area contributed by atoms with Gasteiger partial charge in [0, 0.05) is 45.0 Å². The van der Waals surface area contributed by atoms with E-state index in [4.69, 9.17) is 26.8 Å². The summed E-state index contributed by atoms with van der Waals surface area (Å²) >= 11 is 6.17. The Bertz CT molecular complexity index is 737. The second-order valence-corrected chi connectivity index (χ2v) is 8.29. The lowest BCUT2D eigenvalue weighted by Gasteiger charge is -2.40. The molecule has 1 amide bonds. The number of amides is 1. The van der Waals surface area contributed by atoms with Gasteiger partial charge in [-0.3, -0.25) is 24.9 Å². The number of rotatable bonds is 9. The van der Waals surface area contributed by atoms with Crippen LogP contribution in [0.3, 0.4) is 0 Å². The van der Waals surface area contributed by atoms with Crippen molar-refractivity contribution in [1.29, 1.82) is 0 Å². The van der Waals surface area contributed by atoms with Crippen molar-refractivity contribution in [2.75, 3.05) is 64.9 Å². The first-order chi connectivity index (χ1) is 15.0. The summed E-state index contributed by atoms with van der Waals surface area (Å²) in [7, 11) is 1.81. The van der Waals surface area contributed by atoms with Crippen molar-refractivity contribution in [3.05, 3.63) is 23.4 Å². The van der Waals surface area contributed by atoms with Gasteiger partial charge < -0.3 is 20.5 Å². The van der Waals surface area contributed by atoms with Crippen molar-refractivity contribution in [3.63, 3.8) is 0 Å². The van der Waals surface area contributed by atoms with Gasteiger partial charge >= 0.3 is 0 Å². The van der Waals surface area contributed by atoms with Crippen molar-refractivity contribution in [2.45, 2.75) is 17.7 Å². The second-order valence-electron chi connectivity index (χ2n) is 7.68. The molecule has 1 aromatic rings. The van der Waals surface area contributed by atoms with Gasteiger partial charge in [-0.25, -0.2) is 0 Å². The Morgan fingerprint density at radius 1 is 1.52 bits per heavy atom. The maximum Gasteiger partial charge on any atom is 0.234 e. The number of pyridine rings is 1. The van der Waals surface area contributed by atoms with Gasteiger partial charge in [-0.15, -0.1) is 16.5 Å². The highest BCUT2D eigenvalue weighted by atomic mass is 35.5. The van der Waals surface area contributed by atoms with Crippen LogP contribution in [0.1, 0.15) is 0 Å². The number of nitrogens with two attached hydrogens (primary N) is 1. The lowest BCUT2D eigenvalue weighted by molar-refractivity contribution is -0.123. The Kier molecular flexibility index (Phi) is 8.93. The van der Waals surface area contributed by atoms with Gasteiger partial charge in [0.25, 0.3) is 0 Å². The SMILES string of the molecule is CN1CC(Cl)CNC1C(C(=O)Nc1cnccc1OCCN1CCOCC1)C(N)N=O. The zero-order valence-corrected chi connectivity index (χ0v) is 18.3. The largest absolute Gasteiger partial charge is 0.490 e. The standard InChI is InChI=1S/C19H30ClN7O4/c1-26-12-13(20)10-23-18(26)16(17(21)25-29)19(28)24-14-11-22-3-2-15(14)31-9-6-27-4-7-30-8-5-27/h2-3,11,13,16-18,23H,4-10,12,21H2,1H3,(H,24,28). The van der Waals surface area contributed by atoms with Gasteiger partial charge in [-0.1, -0.05) is 5.18 Å². The molecule has 4 N–H and O–H groups in total. The minimum Gasteiger partial charge on any atom is -0.490 e. The van der Waals surface area contributed by atoms with E-state index < -0.39 is 24.2 Å². The molecule has 0 saturated carbocycles. The summed E-state index contributed by atoms with van der Waals surface area (Å²) in [4.78, 5) is 32.5. The summed E-state index contributed by atoms with van der Waals surface area (Å²) in [6.07, 6.45) is 1.39. The molecule has 1 aromatic heterocycles. The van der Waals surface area contributed by atoms with E-state index >= 15 is 0 Å². The highest BCUT2D eigenvalue weighted by Gasteiger charge is 2.39. The number of morpholine rings is 1. The number of nitrogens with one attached hydrogen (secondary N) is 2. The van der Waals surface area contributed by atoms with Crippen LogP contribution in [-0.2, 0) is 9.53 Å². The molecule has 3 rings (SSSR count). The van der Waals surface area contributed by atoms with Crippen LogP contribution >= 0.6 is 11.6 Å². The molecule has 4 atom stereocenters. The number of hydrogen-bond donors (Lipinski definition) is 3. The number of ether oxygens (including phenoxy) is 2. The van der Waals surface area contributed by atoms with Crippen LogP contribution in [0.25, 0.3) is 0 Å². The fraction of sp³-hybridized carbons (Fsp3) is 0.684. The number of halogens is 1. The van der Waals surface area contributed by atoms with E-state index in [0.717, 1.165) is 32.8 Å². The molecular formula is C19H30ClN7O4. The van der Waals surface area contributed by atoms with Crippen LogP contribution in [0.15, 0.2) is 23.6 Å². The quantitative estimate of drug-likeness (QED) is 0.343. The minimum absolute atomic E-state index is 0.102. The molecule has 31 heavy (non-hydrogen) atoms. The van der Waals surface area contributed by atoms with Crippen LogP contribution in [0, 0.1) is 10.8 Å². The number of nitroso groups, excluding NO2 is 1. The first kappa shape index (κ1) is 23.8. The molecule has 172 valence electrons. The van der Waals surface area contributed by atoms with Crippen molar-refractivity contribution in [1.82, 2.24) is 20.1 Å². The van der Waals surface area contributed by atoms with Crippen LogP contribution < -0.4 is 21.1 Å². The van der Waals surface area contributed by atoms with Crippen molar-refractivity contribution in [2.24, 2.45) is 16.8 Å². The molecule has 0 radical (unpaired) electrons. The summed E-state index contributed by atoms with van der Waals surface area (Å²) in [5.74, 6) is -0.877. The maximum absolute atomic E-state index is 13.1. The fourth-order valence-corrected chi connectivity index (χ4v) is 4.08. The average molecular weight is 456 g/mol. The molecule has 12 heteroatoms. The molecule has 0 aromatic carbocycles. The second kappa shape index (κ2) is 11.7. The zero-order chi connectivity index (χ0) is 22.2. The van der Waals surface area contributed by atoms with E-state index in [2.05, 4.69) is 25.7 Å². The van der Waals surface area contributed by atoms with Crippen molar-refractivity contribution >= 4 is 23.2 Å². The van der Waals surface area contributed by atoms with E-state index in [1.807, 2.05) is 11.9 Å². The molecule has 4 unspecified atom stereocenters. The van der Waals surface area contributed by atoms with Crippen LogP contribution in [0.4, 0.5) is 5.69 Å². The highest BCUT2D eigenvalue weighted by molar-refractivity contribution is 6.21. The first-order valence-corrected chi connectivity index (χ1v) is 10.8. The van der Waals surface area contributed by atoms with Gasteiger partial charge in [0.15, 0.2) is 6.17 Å². The van der Waals surface area contributed by atoms with Gasteiger partial charge in [0.1, 0.15) is 24.0 Å². The third kappa shape index (κ3) is 6.55. The molecule has 0 spiro atoms. The summed E-state index contributed by atoms with van der Waals surface area (Å²) in [5, 5.41) is 8.79. The van der Waals surface area contributed by atoms with Crippen molar-refractivity contribution < 1.29 is 14.3 Å². The van der Waals surface area contributed by atoms with Crippen LogP contribution in [0.2, 0.25) is 0 Å². The molecule has 0 bridgehead atoms. The predicted octanol–water partition coefficient (Wildman–Crippen LogP) is -0.133. The highest BCUT2D eigenvalue weighted by Crippen LogP contribution is 2.25. The fourth-order valence-electron chi connectivity index (χ4n) is 3.77. The Hall–Kier alpha value is -1.89. The number of carbonyl (C=O) groups excluding carboxylic acids is 1. The maximum atomic E-state index is 13.1. The molecule has 11 nitrogen and oxygen atoms in total. The lowest BCUT2D eigenvalue weighted by Crippen LogP contribution is -2.62.